The molecule has 2 N–H and O–H groups in total. The van der Waals surface area contributed by atoms with E-state index >= 15 is 0 Å². The van der Waals surface area contributed by atoms with E-state index in [1.54, 1.807) is 6.07 Å². The fourth-order valence-corrected chi connectivity index (χ4v) is 2.45. The maximum atomic E-state index is 11.6. The average Bonchev–Trinajstić information content (AvgIpc) is 2.21. The van der Waals surface area contributed by atoms with Crippen molar-refractivity contribution in [1.29, 1.82) is 0 Å². The summed E-state index contributed by atoms with van der Waals surface area (Å²) in [5.74, 6) is -1.59. The van der Waals surface area contributed by atoms with Crippen LogP contribution in [0.25, 0.3) is 0 Å². The molecule has 0 atom stereocenters. The number of hydrogen-bond donors (Lipinski definition) is 2. The molecule has 5 nitrogen and oxygen atoms in total. The Labute approximate surface area is 107 Å². The lowest BCUT2D eigenvalue weighted by molar-refractivity contribution is -0.113. The Hall–Kier alpha value is -1.40. The third-order valence-corrected chi connectivity index (χ3v) is 3.92. The molecule has 0 aliphatic heterocycles. The Kier molecular flexibility index (Phi) is 4.86. The number of rotatable bonds is 5. The smallest absolute Gasteiger partial charge is 0.239 e. The summed E-state index contributed by atoms with van der Waals surface area (Å²) in [5, 5.41) is 11.1. The summed E-state index contributed by atoms with van der Waals surface area (Å²) in [6.45, 7) is 3.30. The van der Waals surface area contributed by atoms with E-state index in [0.717, 1.165) is 11.1 Å². The topological polar surface area (TPSA) is 83.5 Å². The van der Waals surface area contributed by atoms with Gasteiger partial charge in [0.05, 0.1) is 12.4 Å². The van der Waals surface area contributed by atoms with Gasteiger partial charge in [-0.25, -0.2) is 8.42 Å². The van der Waals surface area contributed by atoms with Crippen molar-refractivity contribution in [2.75, 3.05) is 23.4 Å². The number of carbonyl (C=O) groups is 1. The van der Waals surface area contributed by atoms with Gasteiger partial charge in [-0.2, -0.15) is 0 Å². The molecule has 1 rings (SSSR count). The van der Waals surface area contributed by atoms with Gasteiger partial charge in [0, 0.05) is 5.69 Å². The summed E-state index contributed by atoms with van der Waals surface area (Å²) < 4.78 is 22.7. The van der Waals surface area contributed by atoms with Gasteiger partial charge in [-0.1, -0.05) is 17.7 Å². The van der Waals surface area contributed by atoms with E-state index in [2.05, 4.69) is 5.32 Å². The quantitative estimate of drug-likeness (QED) is 0.823. The second kappa shape index (κ2) is 5.97. The number of sulfone groups is 1. The van der Waals surface area contributed by atoms with Crippen LogP contribution in [0.4, 0.5) is 5.69 Å². The summed E-state index contributed by atoms with van der Waals surface area (Å²) in [5.41, 5.74) is 2.55. The molecular formula is C12H17NO4S. The molecule has 0 aliphatic carbocycles. The molecule has 0 heterocycles. The zero-order valence-electron chi connectivity index (χ0n) is 10.4. The van der Waals surface area contributed by atoms with Crippen molar-refractivity contribution in [2.24, 2.45) is 0 Å². The van der Waals surface area contributed by atoms with E-state index in [9.17, 15) is 13.2 Å². The van der Waals surface area contributed by atoms with Crippen molar-refractivity contribution in [1.82, 2.24) is 0 Å². The van der Waals surface area contributed by atoms with Gasteiger partial charge in [0.2, 0.25) is 5.91 Å². The third-order valence-electron chi connectivity index (χ3n) is 2.41. The maximum Gasteiger partial charge on any atom is 0.239 e. The normalized spacial score (nSPS) is 11.3. The van der Waals surface area contributed by atoms with Gasteiger partial charge in [0.25, 0.3) is 0 Å². The van der Waals surface area contributed by atoms with Crippen molar-refractivity contribution >= 4 is 21.4 Å². The van der Waals surface area contributed by atoms with Gasteiger partial charge in [-0.05, 0) is 25.5 Å². The van der Waals surface area contributed by atoms with E-state index in [1.807, 2.05) is 26.0 Å². The number of benzene rings is 1. The predicted molar refractivity (Wildman–Crippen MR) is 70.3 cm³/mol. The molecular weight excluding hydrogens is 254 g/mol. The number of aryl methyl sites for hydroxylation is 2. The van der Waals surface area contributed by atoms with E-state index in [0.29, 0.717) is 5.69 Å². The molecule has 0 radical (unpaired) electrons. The van der Waals surface area contributed by atoms with Crippen LogP contribution in [-0.4, -0.2) is 37.5 Å². The van der Waals surface area contributed by atoms with Crippen molar-refractivity contribution in [2.45, 2.75) is 13.8 Å². The molecule has 1 aromatic carbocycles. The fraction of sp³-hybridized carbons (Fsp3) is 0.417. The molecule has 0 saturated carbocycles. The largest absolute Gasteiger partial charge is 0.395 e. The van der Waals surface area contributed by atoms with Gasteiger partial charge in [0.1, 0.15) is 5.75 Å². The lowest BCUT2D eigenvalue weighted by Crippen LogP contribution is -2.26. The maximum absolute atomic E-state index is 11.6. The average molecular weight is 271 g/mol. The van der Waals surface area contributed by atoms with Crippen LogP contribution in [0.5, 0.6) is 0 Å². The highest BCUT2D eigenvalue weighted by Gasteiger charge is 2.16. The number of nitrogens with one attached hydrogen (secondary N) is 1. The van der Waals surface area contributed by atoms with E-state index in [4.69, 9.17) is 5.11 Å². The monoisotopic (exact) mass is 271 g/mol. The molecule has 100 valence electrons. The molecule has 0 fully saturated rings. The van der Waals surface area contributed by atoms with Crippen LogP contribution in [0.3, 0.4) is 0 Å². The Morgan fingerprint density at radius 1 is 1.33 bits per heavy atom. The molecule has 0 bridgehead atoms. The summed E-state index contributed by atoms with van der Waals surface area (Å²) >= 11 is 0. The Bertz CT molecular complexity index is 537. The molecule has 1 aromatic rings. The van der Waals surface area contributed by atoms with E-state index < -0.39 is 33.9 Å². The van der Waals surface area contributed by atoms with Crippen LogP contribution >= 0.6 is 0 Å². The first-order valence-electron chi connectivity index (χ1n) is 5.52. The van der Waals surface area contributed by atoms with Gasteiger partial charge < -0.3 is 10.4 Å². The van der Waals surface area contributed by atoms with Crippen LogP contribution in [0, 0.1) is 13.8 Å². The van der Waals surface area contributed by atoms with E-state index in [-0.39, 0.29) is 0 Å². The number of anilines is 1. The first-order chi connectivity index (χ1) is 8.34. The zero-order valence-corrected chi connectivity index (χ0v) is 11.3. The van der Waals surface area contributed by atoms with Crippen LogP contribution in [-0.2, 0) is 14.6 Å². The molecule has 0 saturated heterocycles. The highest BCUT2D eigenvalue weighted by atomic mass is 32.2. The Morgan fingerprint density at radius 2 is 2.00 bits per heavy atom. The first kappa shape index (κ1) is 14.7. The lowest BCUT2D eigenvalue weighted by Gasteiger charge is -2.09. The van der Waals surface area contributed by atoms with Gasteiger partial charge in [0.15, 0.2) is 9.84 Å². The fourth-order valence-electron chi connectivity index (χ4n) is 1.55. The minimum absolute atomic E-state index is 0.396. The Balaban J connectivity index is 2.71. The molecule has 0 unspecified atom stereocenters. The summed E-state index contributed by atoms with van der Waals surface area (Å²) in [6, 6.07) is 5.48. The number of hydrogen-bond acceptors (Lipinski definition) is 4. The molecule has 0 aromatic heterocycles. The number of aliphatic hydroxyl groups is 1. The molecule has 0 aliphatic rings. The highest BCUT2D eigenvalue weighted by molar-refractivity contribution is 7.92. The first-order valence-corrected chi connectivity index (χ1v) is 7.34. The van der Waals surface area contributed by atoms with Gasteiger partial charge >= 0.3 is 0 Å². The molecule has 0 spiro atoms. The summed E-state index contributed by atoms with van der Waals surface area (Å²) in [7, 11) is -3.53. The van der Waals surface area contributed by atoms with Crippen molar-refractivity contribution in [3.05, 3.63) is 29.3 Å². The third kappa shape index (κ3) is 4.46. The second-order valence-corrected chi connectivity index (χ2v) is 6.37. The minimum Gasteiger partial charge on any atom is -0.395 e. The lowest BCUT2D eigenvalue weighted by atomic mass is 10.1. The minimum atomic E-state index is -3.53. The SMILES string of the molecule is Cc1ccc(NC(=O)CS(=O)(=O)CCO)c(C)c1. The van der Waals surface area contributed by atoms with Gasteiger partial charge in [-0.15, -0.1) is 0 Å². The zero-order chi connectivity index (χ0) is 13.8. The van der Waals surface area contributed by atoms with Crippen LogP contribution in [0.15, 0.2) is 18.2 Å². The molecule has 1 amide bonds. The van der Waals surface area contributed by atoms with E-state index in [1.165, 1.54) is 0 Å². The van der Waals surface area contributed by atoms with Crippen LogP contribution in [0.1, 0.15) is 11.1 Å². The highest BCUT2D eigenvalue weighted by Crippen LogP contribution is 2.15. The molecule has 6 heteroatoms. The molecule has 18 heavy (non-hydrogen) atoms. The standard InChI is InChI=1S/C12H17NO4S/c1-9-3-4-11(10(2)7-9)13-12(15)8-18(16,17)6-5-14/h3-4,7,14H,5-6,8H2,1-2H3,(H,13,15). The second-order valence-electron chi connectivity index (χ2n) is 4.18. The van der Waals surface area contributed by atoms with Crippen molar-refractivity contribution in [3.63, 3.8) is 0 Å². The van der Waals surface area contributed by atoms with Crippen molar-refractivity contribution in [3.8, 4) is 0 Å². The summed E-state index contributed by atoms with van der Waals surface area (Å²) in [4.78, 5) is 11.6. The van der Waals surface area contributed by atoms with Crippen molar-refractivity contribution < 1.29 is 18.3 Å². The number of carbonyl (C=O) groups excluding carboxylic acids is 1. The number of aliphatic hydroxyl groups excluding tert-OH is 1. The van der Waals surface area contributed by atoms with Gasteiger partial charge in [-0.3, -0.25) is 4.79 Å². The summed E-state index contributed by atoms with van der Waals surface area (Å²) in [6.07, 6.45) is 0. The van der Waals surface area contributed by atoms with Crippen LogP contribution in [0.2, 0.25) is 0 Å². The predicted octanol–water partition coefficient (Wildman–Crippen LogP) is 0.649. The number of amides is 1. The van der Waals surface area contributed by atoms with Crippen LogP contribution < -0.4 is 5.32 Å². The Morgan fingerprint density at radius 3 is 2.56 bits per heavy atom.